The van der Waals surface area contributed by atoms with Gasteiger partial charge >= 0.3 is 0 Å². The lowest BCUT2D eigenvalue weighted by molar-refractivity contribution is 0.270. The van der Waals surface area contributed by atoms with Crippen molar-refractivity contribution >= 4 is 8.32 Å². The molecule has 1 saturated heterocycles. The van der Waals surface area contributed by atoms with Gasteiger partial charge in [0.25, 0.3) is 0 Å². The van der Waals surface area contributed by atoms with E-state index in [9.17, 15) is 0 Å². The summed E-state index contributed by atoms with van der Waals surface area (Å²) in [5.41, 5.74) is 2.93. The molecule has 2 rings (SSSR count). The lowest BCUT2D eigenvalue weighted by atomic mass is 10.1. The number of hydrogen-bond donors (Lipinski definition) is 0. The molecule has 16 heavy (non-hydrogen) atoms. The standard InChI is InChI=1S/C14H22OSi/c1-13-7-3-4-8-14(13)9-12-16(2)11-6-5-10-15-16/h3-4,7-8H,5-6,9-12H2,1-2H3. The Morgan fingerprint density at radius 3 is 2.75 bits per heavy atom. The number of hydrogen-bond acceptors (Lipinski definition) is 1. The minimum absolute atomic E-state index is 1.01. The van der Waals surface area contributed by atoms with Gasteiger partial charge in [-0.3, -0.25) is 0 Å². The summed E-state index contributed by atoms with van der Waals surface area (Å²) in [5, 5.41) is 0. The van der Waals surface area contributed by atoms with Gasteiger partial charge in [-0.2, -0.15) is 0 Å². The molecular formula is C14H22OSi. The third kappa shape index (κ3) is 2.95. The number of rotatable bonds is 3. The van der Waals surface area contributed by atoms with Crippen LogP contribution in [0.25, 0.3) is 0 Å². The van der Waals surface area contributed by atoms with Crippen molar-refractivity contribution in [3.63, 3.8) is 0 Å². The van der Waals surface area contributed by atoms with E-state index in [4.69, 9.17) is 4.43 Å². The highest BCUT2D eigenvalue weighted by atomic mass is 28.4. The van der Waals surface area contributed by atoms with Gasteiger partial charge in [-0.15, -0.1) is 0 Å². The van der Waals surface area contributed by atoms with Gasteiger partial charge in [0.15, 0.2) is 8.32 Å². The maximum Gasteiger partial charge on any atom is 0.190 e. The molecule has 1 heterocycles. The lowest BCUT2D eigenvalue weighted by Gasteiger charge is -2.31. The zero-order valence-electron chi connectivity index (χ0n) is 10.5. The fraction of sp³-hybridized carbons (Fsp3) is 0.571. The van der Waals surface area contributed by atoms with Crippen LogP contribution in [0.2, 0.25) is 18.6 Å². The Balaban J connectivity index is 1.94. The van der Waals surface area contributed by atoms with Gasteiger partial charge in [0.05, 0.1) is 0 Å². The fourth-order valence-electron chi connectivity index (χ4n) is 2.48. The molecule has 1 aromatic carbocycles. The van der Waals surface area contributed by atoms with E-state index in [0.29, 0.717) is 0 Å². The lowest BCUT2D eigenvalue weighted by Crippen LogP contribution is -2.38. The summed E-state index contributed by atoms with van der Waals surface area (Å²) < 4.78 is 6.07. The Morgan fingerprint density at radius 2 is 2.06 bits per heavy atom. The minimum atomic E-state index is -1.34. The van der Waals surface area contributed by atoms with Crippen LogP contribution in [0.5, 0.6) is 0 Å². The van der Waals surface area contributed by atoms with Gasteiger partial charge in [0.1, 0.15) is 0 Å². The summed E-state index contributed by atoms with van der Waals surface area (Å²) in [4.78, 5) is 0. The van der Waals surface area contributed by atoms with Crippen molar-refractivity contribution in [2.45, 2.75) is 44.8 Å². The molecule has 0 bridgehead atoms. The molecule has 1 atom stereocenters. The molecule has 0 aliphatic carbocycles. The van der Waals surface area contributed by atoms with E-state index in [2.05, 4.69) is 37.7 Å². The molecule has 1 aliphatic rings. The predicted molar refractivity (Wildman–Crippen MR) is 71.3 cm³/mol. The molecule has 0 amide bonds. The molecular weight excluding hydrogens is 212 g/mol. The van der Waals surface area contributed by atoms with E-state index in [-0.39, 0.29) is 0 Å². The molecule has 1 fully saturated rings. The summed E-state index contributed by atoms with van der Waals surface area (Å²) in [6.07, 6.45) is 3.86. The first-order chi connectivity index (χ1) is 7.70. The van der Waals surface area contributed by atoms with E-state index >= 15 is 0 Å². The summed E-state index contributed by atoms with van der Waals surface area (Å²) in [7, 11) is -1.34. The van der Waals surface area contributed by atoms with Crippen molar-refractivity contribution in [1.82, 2.24) is 0 Å². The third-order valence-corrected chi connectivity index (χ3v) is 7.35. The minimum Gasteiger partial charge on any atom is -0.417 e. The van der Waals surface area contributed by atoms with Crippen LogP contribution in [-0.4, -0.2) is 14.9 Å². The second-order valence-corrected chi connectivity index (χ2v) is 9.37. The van der Waals surface area contributed by atoms with Gasteiger partial charge in [-0.05, 0) is 49.5 Å². The topological polar surface area (TPSA) is 9.23 Å². The number of benzene rings is 1. The smallest absolute Gasteiger partial charge is 0.190 e. The highest BCUT2D eigenvalue weighted by Gasteiger charge is 2.30. The van der Waals surface area contributed by atoms with Crippen LogP contribution in [0.4, 0.5) is 0 Å². The SMILES string of the molecule is Cc1ccccc1CC[Si]1(C)CCCCO1. The van der Waals surface area contributed by atoms with Crippen LogP contribution >= 0.6 is 0 Å². The molecule has 0 aromatic heterocycles. The van der Waals surface area contributed by atoms with Crippen molar-refractivity contribution in [3.8, 4) is 0 Å². The normalized spacial score (nSPS) is 25.6. The van der Waals surface area contributed by atoms with Crippen LogP contribution in [0.15, 0.2) is 24.3 Å². The van der Waals surface area contributed by atoms with Gasteiger partial charge < -0.3 is 4.43 Å². The molecule has 0 N–H and O–H groups in total. The van der Waals surface area contributed by atoms with Crippen molar-refractivity contribution < 1.29 is 4.43 Å². The van der Waals surface area contributed by atoms with Crippen LogP contribution in [0, 0.1) is 6.92 Å². The van der Waals surface area contributed by atoms with E-state index in [1.165, 1.54) is 42.5 Å². The Morgan fingerprint density at radius 1 is 1.25 bits per heavy atom. The van der Waals surface area contributed by atoms with Gasteiger partial charge in [0.2, 0.25) is 0 Å². The Bertz CT molecular complexity index is 342. The van der Waals surface area contributed by atoms with Gasteiger partial charge in [-0.1, -0.05) is 30.7 Å². The molecule has 0 radical (unpaired) electrons. The quantitative estimate of drug-likeness (QED) is 0.720. The Hall–Kier alpha value is -0.603. The second-order valence-electron chi connectivity index (χ2n) is 5.18. The zero-order chi connectivity index (χ0) is 11.4. The first-order valence-corrected chi connectivity index (χ1v) is 9.20. The van der Waals surface area contributed by atoms with Crippen LogP contribution < -0.4 is 0 Å². The molecule has 1 aromatic rings. The van der Waals surface area contributed by atoms with E-state index < -0.39 is 8.32 Å². The summed E-state index contributed by atoms with van der Waals surface area (Å²) in [6, 6.07) is 11.4. The van der Waals surface area contributed by atoms with Crippen molar-refractivity contribution in [3.05, 3.63) is 35.4 Å². The van der Waals surface area contributed by atoms with Gasteiger partial charge in [-0.25, -0.2) is 0 Å². The second kappa shape index (κ2) is 5.15. The van der Waals surface area contributed by atoms with Crippen LogP contribution in [0.3, 0.4) is 0 Å². The highest BCUT2D eigenvalue weighted by Crippen LogP contribution is 2.27. The molecule has 1 nitrogen and oxygen atoms in total. The van der Waals surface area contributed by atoms with Crippen LogP contribution in [0.1, 0.15) is 24.0 Å². The first-order valence-electron chi connectivity index (χ1n) is 6.38. The first kappa shape index (κ1) is 11.9. The fourth-order valence-corrected chi connectivity index (χ4v) is 5.45. The maximum atomic E-state index is 6.07. The summed E-state index contributed by atoms with van der Waals surface area (Å²) in [5.74, 6) is 0. The zero-order valence-corrected chi connectivity index (χ0v) is 11.5. The van der Waals surface area contributed by atoms with Crippen molar-refractivity contribution in [2.24, 2.45) is 0 Å². The van der Waals surface area contributed by atoms with Gasteiger partial charge in [0, 0.05) is 6.61 Å². The average Bonchev–Trinajstić information content (AvgIpc) is 2.29. The number of aryl methyl sites for hydroxylation is 2. The maximum absolute atomic E-state index is 6.07. The average molecular weight is 234 g/mol. The Kier molecular flexibility index (Phi) is 3.82. The molecule has 0 saturated carbocycles. The molecule has 0 spiro atoms. The monoisotopic (exact) mass is 234 g/mol. The van der Waals surface area contributed by atoms with Crippen molar-refractivity contribution in [1.29, 1.82) is 0 Å². The molecule has 2 heteroatoms. The summed E-state index contributed by atoms with van der Waals surface area (Å²) >= 11 is 0. The highest BCUT2D eigenvalue weighted by molar-refractivity contribution is 6.72. The molecule has 88 valence electrons. The summed E-state index contributed by atoms with van der Waals surface area (Å²) in [6.45, 7) is 5.63. The third-order valence-electron chi connectivity index (χ3n) is 3.73. The largest absolute Gasteiger partial charge is 0.417 e. The molecule has 1 unspecified atom stereocenters. The molecule has 1 aliphatic heterocycles. The van der Waals surface area contributed by atoms with E-state index in [1.54, 1.807) is 0 Å². The Labute approximate surface area is 100.0 Å². The van der Waals surface area contributed by atoms with Crippen molar-refractivity contribution in [2.75, 3.05) is 6.61 Å². The van der Waals surface area contributed by atoms with E-state index in [0.717, 1.165) is 6.61 Å². The van der Waals surface area contributed by atoms with E-state index in [1.807, 2.05) is 0 Å². The predicted octanol–water partition coefficient (Wildman–Crippen LogP) is 3.92. The van der Waals surface area contributed by atoms with Crippen LogP contribution in [-0.2, 0) is 10.8 Å².